The van der Waals surface area contributed by atoms with Crippen molar-refractivity contribution in [3.63, 3.8) is 0 Å². The zero-order valence-electron chi connectivity index (χ0n) is 15.2. The van der Waals surface area contributed by atoms with Crippen molar-refractivity contribution in [1.82, 2.24) is 5.32 Å². The van der Waals surface area contributed by atoms with E-state index in [-0.39, 0.29) is 12.1 Å². The summed E-state index contributed by atoms with van der Waals surface area (Å²) in [4.78, 5) is 12.4. The van der Waals surface area contributed by atoms with E-state index in [4.69, 9.17) is 25.8 Å². The van der Waals surface area contributed by atoms with Crippen LogP contribution in [-0.4, -0.2) is 27.2 Å². The SMILES string of the molecule is COc1ccc(/C=C(\C#N)C(=O)NCc2cccc(Cl)c2)c(OC)c1OC. The molecule has 0 bridgehead atoms. The van der Waals surface area contributed by atoms with Gasteiger partial charge in [0.05, 0.1) is 21.3 Å². The molecule has 0 radical (unpaired) electrons. The van der Waals surface area contributed by atoms with Crippen molar-refractivity contribution in [3.05, 3.63) is 58.1 Å². The molecule has 1 N–H and O–H groups in total. The number of nitriles is 1. The first-order valence-corrected chi connectivity index (χ1v) is 8.35. The normalized spacial score (nSPS) is 10.7. The minimum absolute atomic E-state index is 0.0671. The summed E-state index contributed by atoms with van der Waals surface area (Å²) in [6.07, 6.45) is 1.44. The second-order valence-corrected chi connectivity index (χ2v) is 5.84. The maximum absolute atomic E-state index is 12.4. The highest BCUT2D eigenvalue weighted by atomic mass is 35.5. The van der Waals surface area contributed by atoms with Crippen LogP contribution in [0.1, 0.15) is 11.1 Å². The molecular formula is C20H19ClN2O4. The molecule has 27 heavy (non-hydrogen) atoms. The molecule has 0 unspecified atom stereocenters. The number of carbonyl (C=O) groups excluding carboxylic acids is 1. The molecule has 2 aromatic carbocycles. The van der Waals surface area contributed by atoms with E-state index >= 15 is 0 Å². The molecule has 0 aliphatic heterocycles. The Bertz CT molecular complexity index is 903. The van der Waals surface area contributed by atoms with Crippen molar-refractivity contribution in [3.8, 4) is 23.3 Å². The fraction of sp³-hybridized carbons (Fsp3) is 0.200. The molecule has 0 fully saturated rings. The molecular weight excluding hydrogens is 368 g/mol. The van der Waals surface area contributed by atoms with Crippen molar-refractivity contribution in [2.45, 2.75) is 6.54 Å². The Hall–Kier alpha value is -3.17. The van der Waals surface area contributed by atoms with Gasteiger partial charge in [-0.05, 0) is 35.9 Å². The molecule has 0 heterocycles. The molecule has 0 aliphatic carbocycles. The molecule has 0 spiro atoms. The third-order valence-electron chi connectivity index (χ3n) is 3.74. The summed E-state index contributed by atoms with van der Waals surface area (Å²) in [7, 11) is 4.47. The van der Waals surface area contributed by atoms with Gasteiger partial charge in [0.2, 0.25) is 5.75 Å². The highest BCUT2D eigenvalue weighted by molar-refractivity contribution is 6.30. The minimum atomic E-state index is -0.505. The summed E-state index contributed by atoms with van der Waals surface area (Å²) in [5, 5.41) is 12.7. The topological polar surface area (TPSA) is 80.6 Å². The number of benzene rings is 2. The zero-order chi connectivity index (χ0) is 19.8. The van der Waals surface area contributed by atoms with Crippen molar-refractivity contribution in [1.29, 1.82) is 5.26 Å². The molecule has 0 atom stereocenters. The van der Waals surface area contributed by atoms with Gasteiger partial charge >= 0.3 is 0 Å². The van der Waals surface area contributed by atoms with Gasteiger partial charge in [0.15, 0.2) is 11.5 Å². The van der Waals surface area contributed by atoms with E-state index in [1.54, 1.807) is 30.3 Å². The Morgan fingerprint density at radius 1 is 1.15 bits per heavy atom. The van der Waals surface area contributed by atoms with Crippen molar-refractivity contribution < 1.29 is 19.0 Å². The van der Waals surface area contributed by atoms with Crippen molar-refractivity contribution in [2.24, 2.45) is 0 Å². The molecule has 6 nitrogen and oxygen atoms in total. The third-order valence-corrected chi connectivity index (χ3v) is 3.98. The molecule has 7 heteroatoms. The molecule has 0 aliphatic rings. The minimum Gasteiger partial charge on any atom is -0.493 e. The fourth-order valence-corrected chi connectivity index (χ4v) is 2.68. The van der Waals surface area contributed by atoms with Crippen LogP contribution in [0.3, 0.4) is 0 Å². The van der Waals surface area contributed by atoms with Crippen LogP contribution in [0.25, 0.3) is 6.08 Å². The van der Waals surface area contributed by atoms with E-state index in [9.17, 15) is 10.1 Å². The van der Waals surface area contributed by atoms with Crippen LogP contribution in [0.2, 0.25) is 5.02 Å². The van der Waals surface area contributed by atoms with Gasteiger partial charge in [0.25, 0.3) is 5.91 Å². The lowest BCUT2D eigenvalue weighted by molar-refractivity contribution is -0.117. The Labute approximate surface area is 162 Å². The number of nitrogens with zero attached hydrogens (tertiary/aromatic N) is 1. The van der Waals surface area contributed by atoms with E-state index in [0.717, 1.165) is 5.56 Å². The maximum Gasteiger partial charge on any atom is 0.262 e. The number of rotatable bonds is 7. The van der Waals surface area contributed by atoms with Crippen LogP contribution in [0.15, 0.2) is 42.0 Å². The number of ether oxygens (including phenoxy) is 3. The molecule has 0 saturated heterocycles. The molecule has 140 valence electrons. The van der Waals surface area contributed by atoms with Crippen LogP contribution < -0.4 is 19.5 Å². The lowest BCUT2D eigenvalue weighted by Gasteiger charge is -2.14. The average molecular weight is 387 g/mol. The van der Waals surface area contributed by atoms with Gasteiger partial charge in [-0.2, -0.15) is 5.26 Å². The van der Waals surface area contributed by atoms with Gasteiger partial charge in [0, 0.05) is 17.1 Å². The second-order valence-electron chi connectivity index (χ2n) is 5.41. The number of amides is 1. The van der Waals surface area contributed by atoms with E-state index in [2.05, 4.69) is 5.32 Å². The summed E-state index contributed by atoms with van der Waals surface area (Å²) < 4.78 is 15.9. The van der Waals surface area contributed by atoms with Gasteiger partial charge in [-0.3, -0.25) is 4.79 Å². The van der Waals surface area contributed by atoms with Crippen LogP contribution in [-0.2, 0) is 11.3 Å². The number of hydrogen-bond acceptors (Lipinski definition) is 5. The molecule has 1 amide bonds. The van der Waals surface area contributed by atoms with Gasteiger partial charge < -0.3 is 19.5 Å². The maximum atomic E-state index is 12.4. The third kappa shape index (κ3) is 4.93. The zero-order valence-corrected chi connectivity index (χ0v) is 16.0. The molecule has 2 rings (SSSR count). The average Bonchev–Trinajstić information content (AvgIpc) is 2.69. The number of nitrogens with one attached hydrogen (secondary N) is 1. The van der Waals surface area contributed by atoms with Gasteiger partial charge in [-0.15, -0.1) is 0 Å². The van der Waals surface area contributed by atoms with E-state index in [0.29, 0.717) is 27.8 Å². The Morgan fingerprint density at radius 3 is 2.48 bits per heavy atom. The smallest absolute Gasteiger partial charge is 0.262 e. The molecule has 0 saturated carbocycles. The van der Waals surface area contributed by atoms with E-state index in [1.165, 1.54) is 27.4 Å². The standard InChI is InChI=1S/C20H19ClN2O4/c1-25-17-8-7-14(18(26-2)19(17)27-3)10-15(11-22)20(24)23-12-13-5-4-6-16(21)9-13/h4-10H,12H2,1-3H3,(H,23,24)/b15-10+. The highest BCUT2D eigenvalue weighted by Crippen LogP contribution is 2.40. The lowest BCUT2D eigenvalue weighted by atomic mass is 10.1. The summed E-state index contributed by atoms with van der Waals surface area (Å²) in [5.74, 6) is 0.724. The van der Waals surface area contributed by atoms with Crippen LogP contribution in [0.5, 0.6) is 17.2 Å². The largest absolute Gasteiger partial charge is 0.493 e. The highest BCUT2D eigenvalue weighted by Gasteiger charge is 2.17. The van der Waals surface area contributed by atoms with E-state index in [1.807, 2.05) is 12.1 Å². The Morgan fingerprint density at radius 2 is 1.89 bits per heavy atom. The fourth-order valence-electron chi connectivity index (χ4n) is 2.47. The van der Waals surface area contributed by atoms with Gasteiger partial charge in [-0.1, -0.05) is 23.7 Å². The quantitative estimate of drug-likeness (QED) is 0.581. The monoisotopic (exact) mass is 386 g/mol. The van der Waals surface area contributed by atoms with Gasteiger partial charge in [0.1, 0.15) is 11.6 Å². The van der Waals surface area contributed by atoms with Crippen molar-refractivity contribution in [2.75, 3.05) is 21.3 Å². The summed E-state index contributed by atoms with van der Waals surface area (Å²) in [5.41, 5.74) is 1.28. The summed E-state index contributed by atoms with van der Waals surface area (Å²) in [6.45, 7) is 0.251. The first-order valence-electron chi connectivity index (χ1n) is 7.97. The summed E-state index contributed by atoms with van der Waals surface area (Å²) >= 11 is 5.93. The van der Waals surface area contributed by atoms with Crippen molar-refractivity contribution >= 4 is 23.6 Å². The molecule has 0 aromatic heterocycles. The van der Waals surface area contributed by atoms with E-state index < -0.39 is 5.91 Å². The number of methoxy groups -OCH3 is 3. The van der Waals surface area contributed by atoms with Crippen LogP contribution in [0, 0.1) is 11.3 Å². The molecule has 2 aromatic rings. The summed E-state index contributed by atoms with van der Waals surface area (Å²) in [6, 6.07) is 12.4. The van der Waals surface area contributed by atoms with Gasteiger partial charge in [-0.25, -0.2) is 0 Å². The predicted molar refractivity (Wildman–Crippen MR) is 103 cm³/mol. The second kappa shape index (κ2) is 9.51. The number of halogens is 1. The van der Waals surface area contributed by atoms with Crippen LogP contribution in [0.4, 0.5) is 0 Å². The first kappa shape index (κ1) is 20.1. The Balaban J connectivity index is 2.27. The predicted octanol–water partition coefficient (Wildman–Crippen LogP) is 3.59. The Kier molecular flexibility index (Phi) is 7.09. The lowest BCUT2D eigenvalue weighted by Crippen LogP contribution is -2.23. The first-order chi connectivity index (χ1) is 13.0. The van der Waals surface area contributed by atoms with Crippen LogP contribution >= 0.6 is 11.6 Å². The number of hydrogen-bond donors (Lipinski definition) is 1. The number of carbonyl (C=O) groups is 1.